The minimum Gasteiger partial charge on any atom is -0.342 e. The van der Waals surface area contributed by atoms with Gasteiger partial charge in [0, 0.05) is 17.6 Å². The highest BCUT2D eigenvalue weighted by Gasteiger charge is 2.43. The molecule has 0 aromatic heterocycles. The van der Waals surface area contributed by atoms with Crippen LogP contribution in [0.2, 0.25) is 0 Å². The predicted molar refractivity (Wildman–Crippen MR) is 87.2 cm³/mol. The Balaban J connectivity index is 1.88. The molecule has 0 spiro atoms. The molecule has 2 aliphatic heterocycles. The van der Waals surface area contributed by atoms with E-state index in [0.717, 1.165) is 0 Å². The molecule has 1 aromatic rings. The van der Waals surface area contributed by atoms with Crippen LogP contribution < -0.4 is 9.80 Å². The molecule has 1 amide bonds. The summed E-state index contributed by atoms with van der Waals surface area (Å²) in [6, 6.07) is 4.48. The van der Waals surface area contributed by atoms with E-state index in [1.807, 2.05) is 0 Å². The van der Waals surface area contributed by atoms with Gasteiger partial charge in [0.25, 0.3) is 0 Å². The molecule has 3 rings (SSSR count). The number of carbonyl (C=O) groups is 2. The van der Waals surface area contributed by atoms with Crippen LogP contribution in [0.3, 0.4) is 0 Å². The minimum atomic E-state index is -1.35. The summed E-state index contributed by atoms with van der Waals surface area (Å²) in [5, 5.41) is 3.48. The molecule has 132 valence electrons. The quantitative estimate of drug-likeness (QED) is 0.355. The summed E-state index contributed by atoms with van der Waals surface area (Å²) in [7, 11) is 1.65. The first-order valence-electron chi connectivity index (χ1n) is 7.62. The highest BCUT2D eigenvalue weighted by molar-refractivity contribution is 5.84. The van der Waals surface area contributed by atoms with Crippen molar-refractivity contribution in [1.29, 1.82) is 0 Å². The summed E-state index contributed by atoms with van der Waals surface area (Å²) < 4.78 is 20.1. The standard InChI is InChI=1S/C15H17FN6O3/c1-15(8-23)22(6-13(25-15)18-19-17)10-3-4-12(11(16)5-10)21-7-14(24)20(2)9-21/h3-5,8,13H,6-7,9H2,1-2H3. The molecule has 2 unspecified atom stereocenters. The molecule has 2 fully saturated rings. The zero-order chi connectivity index (χ0) is 18.2. The Morgan fingerprint density at radius 2 is 2.28 bits per heavy atom. The van der Waals surface area contributed by atoms with Gasteiger partial charge in [-0.05, 0) is 30.7 Å². The highest BCUT2D eigenvalue weighted by atomic mass is 19.1. The number of amides is 1. The predicted octanol–water partition coefficient (Wildman–Crippen LogP) is 1.45. The third-order valence-electron chi connectivity index (χ3n) is 4.37. The zero-order valence-corrected chi connectivity index (χ0v) is 13.8. The van der Waals surface area contributed by atoms with Crippen LogP contribution in [0, 0.1) is 5.82 Å². The van der Waals surface area contributed by atoms with Gasteiger partial charge in [0.1, 0.15) is 5.82 Å². The first-order valence-corrected chi connectivity index (χ1v) is 7.62. The highest BCUT2D eigenvalue weighted by Crippen LogP contribution is 2.34. The van der Waals surface area contributed by atoms with E-state index >= 15 is 0 Å². The molecular formula is C15H17FN6O3. The topological polar surface area (TPSA) is 102 Å². The van der Waals surface area contributed by atoms with E-state index in [9.17, 15) is 14.0 Å². The molecule has 10 heteroatoms. The average Bonchev–Trinajstić information content (AvgIpc) is 3.08. The molecule has 2 heterocycles. The van der Waals surface area contributed by atoms with Crippen LogP contribution in [0.25, 0.3) is 10.4 Å². The Labute approximate surface area is 143 Å². The van der Waals surface area contributed by atoms with Gasteiger partial charge in [-0.25, -0.2) is 4.39 Å². The van der Waals surface area contributed by atoms with Gasteiger partial charge in [-0.3, -0.25) is 9.59 Å². The molecule has 1 aromatic carbocycles. The van der Waals surface area contributed by atoms with Crippen molar-refractivity contribution in [2.45, 2.75) is 18.9 Å². The first-order chi connectivity index (χ1) is 11.9. The van der Waals surface area contributed by atoms with Crippen molar-refractivity contribution in [3.05, 3.63) is 34.5 Å². The fourth-order valence-electron chi connectivity index (χ4n) is 3.04. The smallest absolute Gasteiger partial charge is 0.243 e. The van der Waals surface area contributed by atoms with E-state index in [1.54, 1.807) is 24.1 Å². The third kappa shape index (κ3) is 2.97. The van der Waals surface area contributed by atoms with Crippen LogP contribution in [0.4, 0.5) is 15.8 Å². The fourth-order valence-corrected chi connectivity index (χ4v) is 3.04. The summed E-state index contributed by atoms with van der Waals surface area (Å²) in [4.78, 5) is 30.4. The van der Waals surface area contributed by atoms with Gasteiger partial charge in [-0.1, -0.05) is 5.11 Å². The van der Waals surface area contributed by atoms with E-state index in [2.05, 4.69) is 10.0 Å². The molecular weight excluding hydrogens is 331 g/mol. The number of nitrogens with zero attached hydrogens (tertiary/aromatic N) is 6. The molecule has 2 atom stereocenters. The van der Waals surface area contributed by atoms with E-state index < -0.39 is 17.8 Å². The third-order valence-corrected chi connectivity index (χ3v) is 4.37. The second-order valence-electron chi connectivity index (χ2n) is 6.13. The minimum absolute atomic E-state index is 0.0813. The van der Waals surface area contributed by atoms with Gasteiger partial charge < -0.3 is 19.4 Å². The van der Waals surface area contributed by atoms with Gasteiger partial charge in [0.15, 0.2) is 18.2 Å². The Hall–Kier alpha value is -2.84. The molecule has 0 aliphatic carbocycles. The second kappa shape index (κ2) is 6.23. The van der Waals surface area contributed by atoms with Gasteiger partial charge in [-0.2, -0.15) is 0 Å². The monoisotopic (exact) mass is 348 g/mol. The molecule has 25 heavy (non-hydrogen) atoms. The van der Waals surface area contributed by atoms with Gasteiger partial charge >= 0.3 is 0 Å². The summed E-state index contributed by atoms with van der Waals surface area (Å²) in [5.41, 5.74) is 7.92. The van der Waals surface area contributed by atoms with Gasteiger partial charge in [-0.15, -0.1) is 0 Å². The first kappa shape index (κ1) is 17.0. The number of benzene rings is 1. The SMILES string of the molecule is CN1CN(c2ccc(N3CC(N=[N+]=[N-])OC3(C)C=O)cc2F)CC1=O. The maximum atomic E-state index is 14.6. The molecule has 2 aliphatic rings. The van der Waals surface area contributed by atoms with Gasteiger partial charge in [0.2, 0.25) is 5.91 Å². The van der Waals surface area contributed by atoms with E-state index in [0.29, 0.717) is 24.3 Å². The molecule has 0 N–H and O–H groups in total. The zero-order valence-electron chi connectivity index (χ0n) is 13.8. The lowest BCUT2D eigenvalue weighted by Crippen LogP contribution is -2.43. The van der Waals surface area contributed by atoms with Crippen LogP contribution in [-0.2, 0) is 14.3 Å². The number of rotatable bonds is 4. The van der Waals surface area contributed by atoms with Crippen molar-refractivity contribution >= 4 is 23.6 Å². The molecule has 2 saturated heterocycles. The van der Waals surface area contributed by atoms with Gasteiger partial charge in [0.05, 0.1) is 25.4 Å². The fraction of sp³-hybridized carbons (Fsp3) is 0.467. The number of azide groups is 1. The number of ether oxygens (including phenoxy) is 1. The Morgan fingerprint density at radius 3 is 2.84 bits per heavy atom. The number of hydrogen-bond donors (Lipinski definition) is 0. The van der Waals surface area contributed by atoms with Crippen molar-refractivity contribution < 1.29 is 18.7 Å². The number of likely N-dealkylation sites (N-methyl/N-ethyl adjacent to an activating group) is 1. The maximum absolute atomic E-state index is 14.6. The second-order valence-corrected chi connectivity index (χ2v) is 6.13. The van der Waals surface area contributed by atoms with Crippen LogP contribution in [-0.4, -0.2) is 55.9 Å². The van der Waals surface area contributed by atoms with Crippen molar-refractivity contribution in [3.63, 3.8) is 0 Å². The van der Waals surface area contributed by atoms with Crippen LogP contribution >= 0.6 is 0 Å². The van der Waals surface area contributed by atoms with Crippen LogP contribution in [0.5, 0.6) is 0 Å². The summed E-state index contributed by atoms with van der Waals surface area (Å²) in [5.74, 6) is -0.594. The van der Waals surface area contributed by atoms with Crippen LogP contribution in [0.1, 0.15) is 6.92 Å². The Bertz CT molecular complexity index is 768. The number of hydrogen-bond acceptors (Lipinski definition) is 6. The van der Waals surface area contributed by atoms with Crippen molar-refractivity contribution in [2.24, 2.45) is 5.11 Å². The number of anilines is 2. The van der Waals surface area contributed by atoms with E-state index in [4.69, 9.17) is 10.3 Å². The van der Waals surface area contributed by atoms with E-state index in [-0.39, 0.29) is 19.0 Å². The lowest BCUT2D eigenvalue weighted by molar-refractivity contribution is -0.127. The number of carbonyl (C=O) groups excluding carboxylic acids is 2. The molecule has 0 bridgehead atoms. The molecule has 0 saturated carbocycles. The Morgan fingerprint density at radius 1 is 1.52 bits per heavy atom. The largest absolute Gasteiger partial charge is 0.342 e. The molecule has 0 radical (unpaired) electrons. The van der Waals surface area contributed by atoms with Crippen LogP contribution in [0.15, 0.2) is 23.3 Å². The van der Waals surface area contributed by atoms with Crippen molar-refractivity contribution in [2.75, 3.05) is 36.6 Å². The average molecular weight is 348 g/mol. The normalized spacial score (nSPS) is 26.1. The summed E-state index contributed by atoms with van der Waals surface area (Å²) in [6.45, 7) is 2.08. The Kier molecular flexibility index (Phi) is 4.23. The molecule has 9 nitrogen and oxygen atoms in total. The summed E-state index contributed by atoms with van der Waals surface area (Å²) >= 11 is 0. The maximum Gasteiger partial charge on any atom is 0.243 e. The van der Waals surface area contributed by atoms with Crippen molar-refractivity contribution in [3.8, 4) is 0 Å². The lowest BCUT2D eigenvalue weighted by Gasteiger charge is -2.30. The van der Waals surface area contributed by atoms with E-state index in [1.165, 1.54) is 22.8 Å². The number of halogens is 1. The van der Waals surface area contributed by atoms with Crippen molar-refractivity contribution in [1.82, 2.24) is 4.90 Å². The summed E-state index contributed by atoms with van der Waals surface area (Å²) in [6.07, 6.45) is -0.257. The lowest BCUT2D eigenvalue weighted by atomic mass is 10.2. The number of aldehydes is 1.